The third-order valence-corrected chi connectivity index (χ3v) is 3.36. The number of anilines is 1. The van der Waals surface area contributed by atoms with Gasteiger partial charge >= 0.3 is 5.97 Å². The van der Waals surface area contributed by atoms with Crippen LogP contribution in [0.5, 0.6) is 0 Å². The Morgan fingerprint density at radius 1 is 1.56 bits per heavy atom. The zero-order valence-corrected chi connectivity index (χ0v) is 10.6. The number of rotatable bonds is 2. The van der Waals surface area contributed by atoms with Gasteiger partial charge in [0.25, 0.3) is 0 Å². The average molecular weight is 244 g/mol. The maximum atomic E-state index is 11.7. The zero-order valence-electron chi connectivity index (χ0n) is 10.6. The van der Waals surface area contributed by atoms with E-state index in [4.69, 9.17) is 10.00 Å². The monoisotopic (exact) mass is 244 g/mol. The second-order valence-electron chi connectivity index (χ2n) is 4.49. The maximum Gasteiger partial charge on any atom is 0.328 e. The summed E-state index contributed by atoms with van der Waals surface area (Å²) >= 11 is 0. The van der Waals surface area contributed by atoms with Gasteiger partial charge in [-0.15, -0.1) is 0 Å². The van der Waals surface area contributed by atoms with Crippen LogP contribution in [0.25, 0.3) is 0 Å². The maximum absolute atomic E-state index is 11.7. The molecule has 0 aromatic heterocycles. The molecule has 1 aliphatic heterocycles. The Morgan fingerprint density at radius 3 is 2.94 bits per heavy atom. The van der Waals surface area contributed by atoms with E-state index in [2.05, 4.69) is 11.0 Å². The van der Waals surface area contributed by atoms with Crippen LogP contribution >= 0.6 is 0 Å². The number of aryl methyl sites for hydroxylation is 1. The standard InChI is InChI=1S/C14H16N2O2/c1-10-8-11(9-15)5-6-12(10)16-7-3-4-13(16)14(17)18-2/h5-6,8,13H,3-4,7H2,1-2H3. The number of hydrogen-bond acceptors (Lipinski definition) is 4. The number of benzene rings is 1. The summed E-state index contributed by atoms with van der Waals surface area (Å²) < 4.78 is 4.84. The molecule has 1 aromatic rings. The summed E-state index contributed by atoms with van der Waals surface area (Å²) in [5.41, 5.74) is 2.68. The average Bonchev–Trinajstić information content (AvgIpc) is 2.86. The van der Waals surface area contributed by atoms with Gasteiger partial charge in [-0.1, -0.05) is 0 Å². The molecule has 0 N–H and O–H groups in total. The van der Waals surface area contributed by atoms with Crippen molar-refractivity contribution >= 4 is 11.7 Å². The lowest BCUT2D eigenvalue weighted by molar-refractivity contribution is -0.141. The van der Waals surface area contributed by atoms with Gasteiger partial charge in [-0.2, -0.15) is 5.26 Å². The molecule has 0 radical (unpaired) electrons. The van der Waals surface area contributed by atoms with Crippen molar-refractivity contribution in [2.24, 2.45) is 0 Å². The summed E-state index contributed by atoms with van der Waals surface area (Å²) in [7, 11) is 1.42. The van der Waals surface area contributed by atoms with Gasteiger partial charge in [-0.05, 0) is 43.5 Å². The first-order valence-electron chi connectivity index (χ1n) is 6.02. The molecule has 0 spiro atoms. The number of nitrogens with zero attached hydrogens (tertiary/aromatic N) is 2. The molecule has 1 heterocycles. The Labute approximate surface area is 107 Å². The number of nitriles is 1. The highest BCUT2D eigenvalue weighted by Gasteiger charge is 2.32. The zero-order chi connectivity index (χ0) is 13.1. The van der Waals surface area contributed by atoms with Gasteiger partial charge in [0.2, 0.25) is 0 Å². The van der Waals surface area contributed by atoms with Gasteiger partial charge in [0, 0.05) is 12.2 Å². The van der Waals surface area contributed by atoms with Crippen molar-refractivity contribution in [2.45, 2.75) is 25.8 Å². The number of carbonyl (C=O) groups excluding carboxylic acids is 1. The van der Waals surface area contributed by atoms with Crippen LogP contribution in [0, 0.1) is 18.3 Å². The van der Waals surface area contributed by atoms with E-state index in [9.17, 15) is 4.79 Å². The van der Waals surface area contributed by atoms with E-state index in [-0.39, 0.29) is 12.0 Å². The molecule has 1 aliphatic rings. The smallest absolute Gasteiger partial charge is 0.328 e. The van der Waals surface area contributed by atoms with Crippen molar-refractivity contribution in [3.8, 4) is 6.07 Å². The third-order valence-electron chi connectivity index (χ3n) is 3.36. The van der Waals surface area contributed by atoms with Crippen LogP contribution in [0.2, 0.25) is 0 Å². The van der Waals surface area contributed by atoms with Crippen molar-refractivity contribution in [1.82, 2.24) is 0 Å². The predicted molar refractivity (Wildman–Crippen MR) is 68.3 cm³/mol. The minimum Gasteiger partial charge on any atom is -0.467 e. The molecule has 2 rings (SSSR count). The quantitative estimate of drug-likeness (QED) is 0.747. The summed E-state index contributed by atoms with van der Waals surface area (Å²) in [4.78, 5) is 13.8. The molecule has 1 unspecified atom stereocenters. The molecule has 1 saturated heterocycles. The number of hydrogen-bond donors (Lipinski definition) is 0. The molecule has 94 valence electrons. The van der Waals surface area contributed by atoms with Crippen molar-refractivity contribution in [2.75, 3.05) is 18.6 Å². The van der Waals surface area contributed by atoms with Gasteiger partial charge in [-0.25, -0.2) is 4.79 Å². The molecule has 1 aromatic carbocycles. The highest BCUT2D eigenvalue weighted by atomic mass is 16.5. The number of methoxy groups -OCH3 is 1. The van der Waals surface area contributed by atoms with Crippen LogP contribution in [-0.2, 0) is 9.53 Å². The molecular formula is C14H16N2O2. The number of ether oxygens (including phenoxy) is 1. The fourth-order valence-corrected chi connectivity index (χ4v) is 2.48. The van der Waals surface area contributed by atoms with Gasteiger partial charge in [0.15, 0.2) is 0 Å². The highest BCUT2D eigenvalue weighted by molar-refractivity contribution is 5.81. The molecule has 18 heavy (non-hydrogen) atoms. The second kappa shape index (κ2) is 5.09. The van der Waals surface area contributed by atoms with E-state index in [1.807, 2.05) is 19.1 Å². The Kier molecular flexibility index (Phi) is 3.52. The Hall–Kier alpha value is -2.02. The normalized spacial score (nSPS) is 18.5. The van der Waals surface area contributed by atoms with Crippen molar-refractivity contribution in [1.29, 1.82) is 5.26 Å². The van der Waals surface area contributed by atoms with E-state index in [0.717, 1.165) is 30.6 Å². The first kappa shape index (κ1) is 12.4. The van der Waals surface area contributed by atoms with Gasteiger partial charge < -0.3 is 9.64 Å². The highest BCUT2D eigenvalue weighted by Crippen LogP contribution is 2.29. The summed E-state index contributed by atoms with van der Waals surface area (Å²) in [6, 6.07) is 7.48. The van der Waals surface area contributed by atoms with E-state index < -0.39 is 0 Å². The van der Waals surface area contributed by atoms with Crippen LogP contribution in [0.4, 0.5) is 5.69 Å². The van der Waals surface area contributed by atoms with Crippen LogP contribution in [0.1, 0.15) is 24.0 Å². The lowest BCUT2D eigenvalue weighted by Gasteiger charge is -2.26. The molecule has 1 fully saturated rings. The van der Waals surface area contributed by atoms with Crippen LogP contribution in [-0.4, -0.2) is 25.7 Å². The van der Waals surface area contributed by atoms with Crippen LogP contribution < -0.4 is 4.90 Å². The van der Waals surface area contributed by atoms with Crippen LogP contribution in [0.15, 0.2) is 18.2 Å². The first-order valence-corrected chi connectivity index (χ1v) is 6.02. The molecule has 0 aliphatic carbocycles. The lowest BCUT2D eigenvalue weighted by atomic mass is 10.1. The molecule has 4 nitrogen and oxygen atoms in total. The van der Waals surface area contributed by atoms with E-state index >= 15 is 0 Å². The number of carbonyl (C=O) groups is 1. The number of esters is 1. The first-order chi connectivity index (χ1) is 8.67. The van der Waals surface area contributed by atoms with Crippen LogP contribution in [0.3, 0.4) is 0 Å². The topological polar surface area (TPSA) is 53.3 Å². The Balaban J connectivity index is 2.31. The Morgan fingerprint density at radius 2 is 2.33 bits per heavy atom. The second-order valence-corrected chi connectivity index (χ2v) is 4.49. The van der Waals surface area contributed by atoms with E-state index in [1.54, 1.807) is 6.07 Å². The molecule has 0 bridgehead atoms. The summed E-state index contributed by atoms with van der Waals surface area (Å²) in [6.45, 7) is 2.81. The van der Waals surface area contributed by atoms with Gasteiger partial charge in [-0.3, -0.25) is 0 Å². The summed E-state index contributed by atoms with van der Waals surface area (Å²) in [5, 5.41) is 8.86. The SMILES string of the molecule is COC(=O)C1CCCN1c1ccc(C#N)cc1C. The largest absolute Gasteiger partial charge is 0.467 e. The molecule has 0 amide bonds. The fraction of sp³-hybridized carbons (Fsp3) is 0.429. The Bertz CT molecular complexity index is 505. The molecular weight excluding hydrogens is 228 g/mol. The van der Waals surface area contributed by atoms with E-state index in [0.29, 0.717) is 5.56 Å². The van der Waals surface area contributed by atoms with Gasteiger partial charge in [0.05, 0.1) is 18.7 Å². The van der Waals surface area contributed by atoms with Crippen molar-refractivity contribution in [3.05, 3.63) is 29.3 Å². The van der Waals surface area contributed by atoms with Gasteiger partial charge in [0.1, 0.15) is 6.04 Å². The molecule has 0 saturated carbocycles. The minimum atomic E-state index is -0.193. The van der Waals surface area contributed by atoms with Crippen molar-refractivity contribution < 1.29 is 9.53 Å². The summed E-state index contributed by atoms with van der Waals surface area (Å²) in [5.74, 6) is -0.184. The molecule has 1 atom stereocenters. The lowest BCUT2D eigenvalue weighted by Crippen LogP contribution is -2.37. The van der Waals surface area contributed by atoms with Crippen molar-refractivity contribution in [3.63, 3.8) is 0 Å². The fourth-order valence-electron chi connectivity index (χ4n) is 2.48. The third kappa shape index (κ3) is 2.17. The predicted octanol–water partition coefficient (Wildman–Crippen LogP) is 2.01. The van der Waals surface area contributed by atoms with E-state index in [1.165, 1.54) is 7.11 Å². The molecule has 4 heteroatoms. The minimum absolute atomic E-state index is 0.184. The summed E-state index contributed by atoms with van der Waals surface area (Å²) in [6.07, 6.45) is 1.81.